The molecular weight excluding hydrogens is 280 g/mol. The number of thiazole rings is 1. The predicted molar refractivity (Wildman–Crippen MR) is 79.9 cm³/mol. The lowest BCUT2D eigenvalue weighted by atomic mass is 10.1. The van der Waals surface area contributed by atoms with E-state index in [2.05, 4.69) is 36.2 Å². The smallest absolute Gasteiger partial charge is 0.0873 e. The fourth-order valence-corrected chi connectivity index (χ4v) is 2.96. The van der Waals surface area contributed by atoms with Crippen molar-refractivity contribution < 1.29 is 0 Å². The molecule has 0 aliphatic carbocycles. The maximum atomic E-state index is 6.34. The molecule has 1 atom stereocenters. The number of hydrogen-bond donors (Lipinski definition) is 1. The van der Waals surface area contributed by atoms with Crippen LogP contribution >= 0.6 is 22.9 Å². The maximum Gasteiger partial charge on any atom is 0.0873 e. The number of hydrogen-bond acceptors (Lipinski definition) is 4. The first-order chi connectivity index (χ1) is 9.15. The third-order valence-corrected chi connectivity index (χ3v) is 4.02. The van der Waals surface area contributed by atoms with Crippen molar-refractivity contribution in [1.82, 2.24) is 20.1 Å². The number of nitrogens with zero attached hydrogens (tertiary/aromatic N) is 3. The molecule has 2 aromatic rings. The minimum atomic E-state index is 0.0600. The molecule has 0 bridgehead atoms. The molecule has 0 aliphatic heterocycles. The summed E-state index contributed by atoms with van der Waals surface area (Å²) in [5, 5.41) is 8.62. The van der Waals surface area contributed by atoms with Crippen LogP contribution in [0.5, 0.6) is 0 Å². The van der Waals surface area contributed by atoms with Crippen LogP contribution in [0.25, 0.3) is 0 Å². The van der Waals surface area contributed by atoms with Gasteiger partial charge in [0.1, 0.15) is 0 Å². The first-order valence-corrected chi connectivity index (χ1v) is 7.75. The summed E-state index contributed by atoms with van der Waals surface area (Å²) in [6, 6.07) is 0.339. The first kappa shape index (κ1) is 14.5. The second-order valence-electron chi connectivity index (χ2n) is 4.71. The van der Waals surface area contributed by atoms with Gasteiger partial charge in [-0.05, 0) is 26.8 Å². The highest BCUT2D eigenvalue weighted by Gasteiger charge is 2.23. The van der Waals surface area contributed by atoms with E-state index in [1.54, 1.807) is 17.5 Å². The Kier molecular flexibility index (Phi) is 4.96. The lowest BCUT2D eigenvalue weighted by molar-refractivity contribution is 0.474. The Bertz CT molecular complexity index is 507. The van der Waals surface area contributed by atoms with Crippen LogP contribution in [0.3, 0.4) is 0 Å². The fourth-order valence-electron chi connectivity index (χ4n) is 2.02. The summed E-state index contributed by atoms with van der Waals surface area (Å²) in [6.07, 6.45) is 4.69. The van der Waals surface area contributed by atoms with Crippen LogP contribution in [0.4, 0.5) is 0 Å². The third kappa shape index (κ3) is 3.16. The van der Waals surface area contributed by atoms with Gasteiger partial charge in [-0.1, -0.05) is 18.5 Å². The van der Waals surface area contributed by atoms with Crippen LogP contribution in [0.2, 0.25) is 5.02 Å². The third-order valence-electron chi connectivity index (χ3n) is 2.88. The Balaban J connectivity index is 2.40. The molecular formula is C13H19ClN4S. The molecule has 0 aromatic carbocycles. The molecule has 1 unspecified atom stereocenters. The van der Waals surface area contributed by atoms with E-state index in [0.717, 1.165) is 23.5 Å². The maximum absolute atomic E-state index is 6.34. The lowest BCUT2D eigenvalue weighted by Crippen LogP contribution is -2.26. The molecule has 0 saturated carbocycles. The quantitative estimate of drug-likeness (QED) is 0.885. The van der Waals surface area contributed by atoms with Crippen molar-refractivity contribution >= 4 is 22.9 Å². The standard InChI is InChI=1S/C13H19ClN4S/c1-4-5-16-12(11-7-15-8-19-11)13-10(14)6-17-18(13)9(2)3/h6-9,12,16H,4-5H2,1-3H3. The number of halogens is 1. The van der Waals surface area contributed by atoms with Crippen LogP contribution < -0.4 is 5.32 Å². The average Bonchev–Trinajstić information content (AvgIpc) is 3.01. The summed E-state index contributed by atoms with van der Waals surface area (Å²) in [6.45, 7) is 7.30. The minimum Gasteiger partial charge on any atom is -0.304 e. The van der Waals surface area contributed by atoms with Gasteiger partial charge < -0.3 is 5.32 Å². The van der Waals surface area contributed by atoms with Crippen molar-refractivity contribution in [2.24, 2.45) is 0 Å². The summed E-state index contributed by atoms with van der Waals surface area (Å²) in [7, 11) is 0. The van der Waals surface area contributed by atoms with Crippen LogP contribution in [0.1, 0.15) is 49.8 Å². The SMILES string of the molecule is CCCNC(c1cncs1)c1c(Cl)cnn1C(C)C. The second-order valence-corrected chi connectivity index (χ2v) is 6.03. The highest BCUT2D eigenvalue weighted by atomic mass is 35.5. The summed E-state index contributed by atoms with van der Waals surface area (Å²) in [4.78, 5) is 5.34. The van der Waals surface area contributed by atoms with E-state index in [1.165, 1.54) is 0 Å². The summed E-state index contributed by atoms with van der Waals surface area (Å²) in [5.41, 5.74) is 2.87. The monoisotopic (exact) mass is 298 g/mol. The zero-order valence-corrected chi connectivity index (χ0v) is 13.0. The molecule has 0 radical (unpaired) electrons. The molecule has 6 heteroatoms. The van der Waals surface area contributed by atoms with Gasteiger partial charge in [0.15, 0.2) is 0 Å². The van der Waals surface area contributed by atoms with Gasteiger partial charge in [0.05, 0.1) is 28.5 Å². The Hall–Kier alpha value is -0.910. The van der Waals surface area contributed by atoms with E-state index < -0.39 is 0 Å². The first-order valence-electron chi connectivity index (χ1n) is 6.49. The lowest BCUT2D eigenvalue weighted by Gasteiger charge is -2.21. The fraction of sp³-hybridized carbons (Fsp3) is 0.538. The molecule has 104 valence electrons. The largest absolute Gasteiger partial charge is 0.304 e. The van der Waals surface area contributed by atoms with Crippen LogP contribution in [-0.4, -0.2) is 21.3 Å². The summed E-state index contributed by atoms with van der Waals surface area (Å²) >= 11 is 7.98. The van der Waals surface area contributed by atoms with E-state index in [0.29, 0.717) is 5.02 Å². The zero-order chi connectivity index (χ0) is 13.8. The minimum absolute atomic E-state index is 0.0600. The van der Waals surface area contributed by atoms with Crippen LogP contribution in [0.15, 0.2) is 17.9 Å². The van der Waals surface area contributed by atoms with Crippen molar-refractivity contribution in [3.8, 4) is 0 Å². The van der Waals surface area contributed by atoms with Crippen molar-refractivity contribution in [2.75, 3.05) is 6.54 Å². The molecule has 0 saturated heterocycles. The molecule has 4 nitrogen and oxygen atoms in total. The zero-order valence-electron chi connectivity index (χ0n) is 11.4. The van der Waals surface area contributed by atoms with Crippen molar-refractivity contribution in [3.05, 3.63) is 33.5 Å². The van der Waals surface area contributed by atoms with Gasteiger partial charge in [0.25, 0.3) is 0 Å². The Morgan fingerprint density at radius 1 is 1.42 bits per heavy atom. The van der Waals surface area contributed by atoms with Crippen molar-refractivity contribution in [3.63, 3.8) is 0 Å². The van der Waals surface area contributed by atoms with Gasteiger partial charge >= 0.3 is 0 Å². The topological polar surface area (TPSA) is 42.7 Å². The molecule has 19 heavy (non-hydrogen) atoms. The molecule has 0 amide bonds. The van der Waals surface area contributed by atoms with E-state index in [4.69, 9.17) is 11.6 Å². The highest BCUT2D eigenvalue weighted by Crippen LogP contribution is 2.31. The highest BCUT2D eigenvalue weighted by molar-refractivity contribution is 7.09. The number of aromatic nitrogens is 3. The van der Waals surface area contributed by atoms with E-state index in [-0.39, 0.29) is 12.1 Å². The number of nitrogens with one attached hydrogen (secondary N) is 1. The Morgan fingerprint density at radius 2 is 2.21 bits per heavy atom. The van der Waals surface area contributed by atoms with E-state index in [9.17, 15) is 0 Å². The predicted octanol–water partition coefficient (Wildman–Crippen LogP) is 3.66. The average molecular weight is 299 g/mol. The van der Waals surface area contributed by atoms with Gasteiger partial charge in [-0.15, -0.1) is 11.3 Å². The van der Waals surface area contributed by atoms with Crippen LogP contribution in [0, 0.1) is 0 Å². The molecule has 0 aliphatic rings. The molecule has 2 aromatic heterocycles. The Morgan fingerprint density at radius 3 is 2.79 bits per heavy atom. The van der Waals surface area contributed by atoms with Crippen molar-refractivity contribution in [1.29, 1.82) is 0 Å². The second kappa shape index (κ2) is 6.50. The van der Waals surface area contributed by atoms with E-state index >= 15 is 0 Å². The van der Waals surface area contributed by atoms with Gasteiger partial charge in [-0.25, -0.2) is 0 Å². The number of rotatable bonds is 6. The molecule has 0 fully saturated rings. The molecule has 0 spiro atoms. The van der Waals surface area contributed by atoms with Crippen LogP contribution in [-0.2, 0) is 0 Å². The normalized spacial score (nSPS) is 13.1. The van der Waals surface area contributed by atoms with Gasteiger partial charge in [0, 0.05) is 17.1 Å². The molecule has 2 rings (SSSR count). The van der Waals surface area contributed by atoms with Gasteiger partial charge in [-0.2, -0.15) is 5.10 Å². The molecule has 1 N–H and O–H groups in total. The molecule has 2 heterocycles. The summed E-state index contributed by atoms with van der Waals surface area (Å²) < 4.78 is 1.98. The van der Waals surface area contributed by atoms with Gasteiger partial charge in [0.2, 0.25) is 0 Å². The van der Waals surface area contributed by atoms with Crippen molar-refractivity contribution in [2.45, 2.75) is 39.3 Å². The summed E-state index contributed by atoms with van der Waals surface area (Å²) in [5.74, 6) is 0. The van der Waals surface area contributed by atoms with E-state index in [1.807, 2.05) is 16.4 Å². The van der Waals surface area contributed by atoms with Gasteiger partial charge in [-0.3, -0.25) is 9.67 Å². The Labute approximate surface area is 122 Å².